The van der Waals surface area contributed by atoms with E-state index in [1.165, 1.54) is 16.8 Å². The molecule has 1 aromatic carbocycles. The lowest BCUT2D eigenvalue weighted by Crippen LogP contribution is -2.04. The molecule has 1 aromatic heterocycles. The van der Waals surface area contributed by atoms with E-state index in [9.17, 15) is 0 Å². The van der Waals surface area contributed by atoms with Crippen molar-refractivity contribution in [2.45, 2.75) is 6.92 Å². The Bertz CT molecular complexity index is 647. The lowest BCUT2D eigenvalue weighted by atomic mass is 10.2. The van der Waals surface area contributed by atoms with E-state index in [1.54, 1.807) is 6.92 Å². The van der Waals surface area contributed by atoms with Crippen molar-refractivity contribution >= 4 is 40.6 Å². The van der Waals surface area contributed by atoms with Gasteiger partial charge in [-0.3, -0.25) is 0 Å². The molecule has 0 aliphatic rings. The molecule has 1 heterocycles. The number of benzene rings is 1. The number of anilines is 1. The summed E-state index contributed by atoms with van der Waals surface area (Å²) < 4.78 is 1.34. The summed E-state index contributed by atoms with van der Waals surface area (Å²) in [5.74, 6) is 0.195. The van der Waals surface area contributed by atoms with E-state index < -0.39 is 0 Å². The molecule has 0 spiro atoms. The minimum absolute atomic E-state index is 0.195. The van der Waals surface area contributed by atoms with Crippen LogP contribution < -0.4 is 5.73 Å². The summed E-state index contributed by atoms with van der Waals surface area (Å²) in [6.45, 7) is 1.68. The fourth-order valence-corrected chi connectivity index (χ4v) is 2.57. The Hall–Kier alpha value is -1.41. The Morgan fingerprint density at radius 1 is 1.28 bits per heavy atom. The van der Waals surface area contributed by atoms with Gasteiger partial charge in [-0.15, -0.1) is 0 Å². The number of nitriles is 1. The van der Waals surface area contributed by atoms with Crippen LogP contribution in [-0.4, -0.2) is 9.78 Å². The van der Waals surface area contributed by atoms with Crippen molar-refractivity contribution in [2.75, 3.05) is 5.73 Å². The van der Waals surface area contributed by atoms with Crippen LogP contribution in [-0.2, 0) is 0 Å². The highest BCUT2D eigenvalue weighted by Gasteiger charge is 2.18. The topological polar surface area (TPSA) is 67.6 Å². The lowest BCUT2D eigenvalue weighted by Gasteiger charge is -2.09. The number of nitrogens with two attached hydrogens (primary N) is 1. The van der Waals surface area contributed by atoms with Gasteiger partial charge in [0.25, 0.3) is 0 Å². The third-order valence-electron chi connectivity index (χ3n) is 2.40. The summed E-state index contributed by atoms with van der Waals surface area (Å²) in [6.07, 6.45) is 0. The number of nitrogen functional groups attached to an aromatic ring is 1. The lowest BCUT2D eigenvalue weighted by molar-refractivity contribution is 0.872. The normalized spacial score (nSPS) is 10.4. The van der Waals surface area contributed by atoms with Gasteiger partial charge in [-0.25, -0.2) is 4.68 Å². The second-order valence-electron chi connectivity index (χ2n) is 3.59. The third-order valence-corrected chi connectivity index (χ3v) is 3.20. The molecule has 0 amide bonds. The molecule has 2 aromatic rings. The Balaban J connectivity index is 2.75. The minimum atomic E-state index is 0.195. The van der Waals surface area contributed by atoms with Gasteiger partial charge in [0.2, 0.25) is 0 Å². The van der Waals surface area contributed by atoms with Crippen molar-refractivity contribution in [3.05, 3.63) is 38.5 Å². The van der Waals surface area contributed by atoms with Crippen molar-refractivity contribution < 1.29 is 0 Å². The average Bonchev–Trinajstić information content (AvgIpc) is 2.53. The summed E-state index contributed by atoms with van der Waals surface area (Å²) in [5, 5.41) is 14.2. The zero-order chi connectivity index (χ0) is 13.4. The van der Waals surface area contributed by atoms with Gasteiger partial charge in [-0.1, -0.05) is 34.8 Å². The first kappa shape index (κ1) is 13.0. The summed E-state index contributed by atoms with van der Waals surface area (Å²) in [6, 6.07) is 5.05. The van der Waals surface area contributed by atoms with E-state index in [2.05, 4.69) is 5.10 Å². The average molecular weight is 302 g/mol. The standard InChI is InChI=1S/C11H7Cl3N4/c1-5-7(4-15)11(16)18(17-5)10-8(13)2-6(12)3-9(10)14/h2-3H,16H2,1H3. The van der Waals surface area contributed by atoms with E-state index in [1.807, 2.05) is 6.07 Å². The molecule has 0 bridgehead atoms. The third kappa shape index (κ3) is 2.01. The van der Waals surface area contributed by atoms with E-state index in [0.29, 0.717) is 32.0 Å². The van der Waals surface area contributed by atoms with Crippen LogP contribution in [0.2, 0.25) is 15.1 Å². The first-order valence-electron chi connectivity index (χ1n) is 4.85. The molecule has 0 fully saturated rings. The van der Waals surface area contributed by atoms with Crippen molar-refractivity contribution in [3.63, 3.8) is 0 Å². The van der Waals surface area contributed by atoms with Crippen LogP contribution in [0.25, 0.3) is 5.69 Å². The number of aryl methyl sites for hydroxylation is 1. The molecule has 18 heavy (non-hydrogen) atoms. The quantitative estimate of drug-likeness (QED) is 0.875. The van der Waals surface area contributed by atoms with Crippen LogP contribution in [0.1, 0.15) is 11.3 Å². The molecule has 0 unspecified atom stereocenters. The Morgan fingerprint density at radius 2 is 1.83 bits per heavy atom. The number of hydrogen-bond donors (Lipinski definition) is 1. The largest absolute Gasteiger partial charge is 0.382 e. The second kappa shape index (κ2) is 4.69. The highest BCUT2D eigenvalue weighted by molar-refractivity contribution is 6.40. The van der Waals surface area contributed by atoms with Gasteiger partial charge in [-0.2, -0.15) is 10.4 Å². The van der Waals surface area contributed by atoms with Gasteiger partial charge in [0.15, 0.2) is 0 Å². The fraction of sp³-hybridized carbons (Fsp3) is 0.0909. The van der Waals surface area contributed by atoms with Crippen LogP contribution in [0, 0.1) is 18.3 Å². The molecule has 0 atom stereocenters. The highest BCUT2D eigenvalue weighted by atomic mass is 35.5. The predicted octanol–water partition coefficient (Wildman–Crippen LogP) is 3.59. The highest BCUT2D eigenvalue weighted by Crippen LogP contribution is 2.34. The van der Waals surface area contributed by atoms with Gasteiger partial charge in [-0.05, 0) is 19.1 Å². The molecule has 2 N–H and O–H groups in total. The SMILES string of the molecule is Cc1nn(-c2c(Cl)cc(Cl)cc2Cl)c(N)c1C#N. The molecule has 0 aliphatic heterocycles. The number of hydrogen-bond acceptors (Lipinski definition) is 3. The fourth-order valence-electron chi connectivity index (χ4n) is 1.59. The summed E-state index contributed by atoms with van der Waals surface area (Å²) in [4.78, 5) is 0. The van der Waals surface area contributed by atoms with Crippen LogP contribution in [0.5, 0.6) is 0 Å². The Kier molecular flexibility index (Phi) is 3.40. The Labute approximate surface area is 118 Å². The second-order valence-corrected chi connectivity index (χ2v) is 4.84. The molecule has 4 nitrogen and oxygen atoms in total. The summed E-state index contributed by atoms with van der Waals surface area (Å²) in [7, 11) is 0. The zero-order valence-electron chi connectivity index (χ0n) is 9.21. The molecule has 7 heteroatoms. The van der Waals surface area contributed by atoms with Crippen LogP contribution in [0.3, 0.4) is 0 Å². The smallest absolute Gasteiger partial charge is 0.145 e. The van der Waals surface area contributed by atoms with Gasteiger partial charge in [0.05, 0.1) is 15.7 Å². The van der Waals surface area contributed by atoms with Gasteiger partial charge < -0.3 is 5.73 Å². The maximum atomic E-state index is 8.97. The van der Waals surface area contributed by atoms with Gasteiger partial charge in [0, 0.05) is 5.02 Å². The van der Waals surface area contributed by atoms with E-state index >= 15 is 0 Å². The van der Waals surface area contributed by atoms with E-state index in [0.717, 1.165) is 0 Å². The molecular formula is C11H7Cl3N4. The minimum Gasteiger partial charge on any atom is -0.382 e. The molecule has 92 valence electrons. The molecule has 0 saturated carbocycles. The molecule has 0 saturated heterocycles. The predicted molar refractivity (Wildman–Crippen MR) is 72.5 cm³/mol. The van der Waals surface area contributed by atoms with Crippen LogP contribution >= 0.6 is 34.8 Å². The first-order chi connectivity index (χ1) is 8.45. The van der Waals surface area contributed by atoms with Crippen LogP contribution in [0.4, 0.5) is 5.82 Å². The molecule has 0 aliphatic carbocycles. The molecular weight excluding hydrogens is 295 g/mol. The summed E-state index contributed by atoms with van der Waals surface area (Å²) in [5.41, 5.74) is 7.07. The van der Waals surface area contributed by atoms with Crippen molar-refractivity contribution in [3.8, 4) is 11.8 Å². The maximum absolute atomic E-state index is 8.97. The monoisotopic (exact) mass is 300 g/mol. The van der Waals surface area contributed by atoms with Crippen LogP contribution in [0.15, 0.2) is 12.1 Å². The van der Waals surface area contributed by atoms with Gasteiger partial charge >= 0.3 is 0 Å². The molecule has 0 radical (unpaired) electrons. The van der Waals surface area contributed by atoms with E-state index in [4.69, 9.17) is 45.8 Å². The number of nitrogens with zero attached hydrogens (tertiary/aromatic N) is 3. The zero-order valence-corrected chi connectivity index (χ0v) is 11.5. The Morgan fingerprint density at radius 3 is 2.28 bits per heavy atom. The van der Waals surface area contributed by atoms with Crippen molar-refractivity contribution in [1.82, 2.24) is 9.78 Å². The number of aromatic nitrogens is 2. The molecule has 2 rings (SSSR count). The van der Waals surface area contributed by atoms with E-state index in [-0.39, 0.29) is 5.82 Å². The maximum Gasteiger partial charge on any atom is 0.145 e. The van der Waals surface area contributed by atoms with Gasteiger partial charge in [0.1, 0.15) is 23.1 Å². The number of halogens is 3. The first-order valence-corrected chi connectivity index (χ1v) is 5.99. The van der Waals surface area contributed by atoms with Crippen molar-refractivity contribution in [2.24, 2.45) is 0 Å². The summed E-state index contributed by atoms with van der Waals surface area (Å²) >= 11 is 18.0. The number of rotatable bonds is 1. The van der Waals surface area contributed by atoms with Crippen molar-refractivity contribution in [1.29, 1.82) is 5.26 Å².